The number of aryl methyl sites for hydroxylation is 1. The molecule has 0 radical (unpaired) electrons. The molecule has 0 aliphatic heterocycles. The summed E-state index contributed by atoms with van der Waals surface area (Å²) >= 11 is 0. The van der Waals surface area contributed by atoms with Crippen molar-refractivity contribution >= 4 is 5.91 Å². The summed E-state index contributed by atoms with van der Waals surface area (Å²) in [5, 5.41) is 0. The Hall–Kier alpha value is -2.60. The van der Waals surface area contributed by atoms with Crippen LogP contribution >= 0.6 is 0 Å². The number of nitrogens with zero attached hydrogens (tertiary/aromatic N) is 2. The van der Waals surface area contributed by atoms with Crippen LogP contribution in [0.5, 0.6) is 11.5 Å². The van der Waals surface area contributed by atoms with Crippen molar-refractivity contribution in [3.05, 3.63) is 52.8 Å². The van der Waals surface area contributed by atoms with Crippen LogP contribution in [0.15, 0.2) is 30.5 Å². The third-order valence-electron chi connectivity index (χ3n) is 4.15. The Morgan fingerprint density at radius 2 is 1.88 bits per heavy atom. The molecule has 2 rings (SSSR count). The molecule has 2 aromatic rings. The smallest absolute Gasteiger partial charge is 0.257 e. The summed E-state index contributed by atoms with van der Waals surface area (Å²) in [7, 11) is 5.00. The number of carbonyl (C=O) groups excluding carboxylic acids is 1. The zero-order valence-electron chi connectivity index (χ0n) is 16.0. The third kappa shape index (κ3) is 4.52. The first-order valence-corrected chi connectivity index (χ1v) is 8.44. The van der Waals surface area contributed by atoms with Gasteiger partial charge in [-0.25, -0.2) is 0 Å². The Labute approximate surface area is 154 Å². The van der Waals surface area contributed by atoms with E-state index >= 15 is 0 Å². The molecule has 140 valence electrons. The first-order chi connectivity index (χ1) is 12.5. The van der Waals surface area contributed by atoms with Gasteiger partial charge in [-0.1, -0.05) is 12.1 Å². The molecule has 1 aromatic carbocycles. The molecule has 0 saturated carbocycles. The molecule has 0 atom stereocenters. The maximum absolute atomic E-state index is 12.9. The number of para-hydroxylation sites is 1. The zero-order chi connectivity index (χ0) is 19.1. The second-order valence-corrected chi connectivity index (χ2v) is 6.04. The van der Waals surface area contributed by atoms with Crippen molar-refractivity contribution in [2.24, 2.45) is 0 Å². The molecule has 1 aromatic heterocycles. The number of pyridine rings is 1. The fraction of sp³-hybridized carbons (Fsp3) is 0.400. The number of rotatable bonds is 8. The van der Waals surface area contributed by atoms with Crippen molar-refractivity contribution in [3.63, 3.8) is 0 Å². The van der Waals surface area contributed by atoms with Crippen LogP contribution in [-0.2, 0) is 11.3 Å². The van der Waals surface area contributed by atoms with Crippen molar-refractivity contribution in [1.82, 2.24) is 9.88 Å². The minimum absolute atomic E-state index is 0.126. The molecule has 26 heavy (non-hydrogen) atoms. The average Bonchev–Trinajstić information content (AvgIpc) is 2.64. The van der Waals surface area contributed by atoms with E-state index in [4.69, 9.17) is 14.2 Å². The summed E-state index contributed by atoms with van der Waals surface area (Å²) < 4.78 is 16.1. The number of methoxy groups -OCH3 is 2. The number of aromatic nitrogens is 1. The first kappa shape index (κ1) is 19.7. The Balaban J connectivity index is 2.18. The van der Waals surface area contributed by atoms with Gasteiger partial charge in [0.2, 0.25) is 0 Å². The van der Waals surface area contributed by atoms with E-state index in [2.05, 4.69) is 4.98 Å². The van der Waals surface area contributed by atoms with E-state index in [0.29, 0.717) is 31.1 Å². The minimum atomic E-state index is -0.126. The van der Waals surface area contributed by atoms with Crippen LogP contribution in [0.3, 0.4) is 0 Å². The predicted octanol–water partition coefficient (Wildman–Crippen LogP) is 3.00. The van der Waals surface area contributed by atoms with E-state index in [1.807, 2.05) is 26.0 Å². The highest BCUT2D eigenvalue weighted by molar-refractivity contribution is 5.96. The predicted molar refractivity (Wildman–Crippen MR) is 99.9 cm³/mol. The fourth-order valence-electron chi connectivity index (χ4n) is 2.74. The molecule has 0 fully saturated rings. The molecular weight excluding hydrogens is 332 g/mol. The molecule has 0 saturated heterocycles. The molecule has 0 aliphatic carbocycles. The number of hydrogen-bond donors (Lipinski definition) is 0. The van der Waals surface area contributed by atoms with Gasteiger partial charge in [-0.3, -0.25) is 9.78 Å². The molecule has 1 amide bonds. The first-order valence-electron chi connectivity index (χ1n) is 8.44. The molecule has 0 spiro atoms. The largest absolute Gasteiger partial charge is 0.496 e. The van der Waals surface area contributed by atoms with Crippen LogP contribution in [0.4, 0.5) is 0 Å². The van der Waals surface area contributed by atoms with Crippen molar-refractivity contribution in [1.29, 1.82) is 0 Å². The fourth-order valence-corrected chi connectivity index (χ4v) is 2.74. The molecular formula is C20H26N2O4. The van der Waals surface area contributed by atoms with E-state index in [1.54, 1.807) is 44.5 Å². The molecule has 0 aliphatic rings. The van der Waals surface area contributed by atoms with Crippen LogP contribution in [0.2, 0.25) is 0 Å². The molecule has 1 heterocycles. The van der Waals surface area contributed by atoms with Gasteiger partial charge in [-0.15, -0.1) is 0 Å². The lowest BCUT2D eigenvalue weighted by atomic mass is 10.1. The van der Waals surface area contributed by atoms with Crippen LogP contribution in [0.25, 0.3) is 0 Å². The lowest BCUT2D eigenvalue weighted by molar-refractivity contribution is 0.0775. The summed E-state index contributed by atoms with van der Waals surface area (Å²) in [6.07, 6.45) is 1.77. The topological polar surface area (TPSA) is 60.9 Å². The Bertz CT molecular complexity index is 761. The van der Waals surface area contributed by atoms with E-state index in [1.165, 1.54) is 0 Å². The van der Waals surface area contributed by atoms with Crippen LogP contribution in [-0.4, -0.2) is 50.3 Å². The Morgan fingerprint density at radius 1 is 1.15 bits per heavy atom. The lowest BCUT2D eigenvalue weighted by Gasteiger charge is -2.21. The van der Waals surface area contributed by atoms with Crippen LogP contribution in [0.1, 0.15) is 27.2 Å². The van der Waals surface area contributed by atoms with Gasteiger partial charge >= 0.3 is 0 Å². The van der Waals surface area contributed by atoms with Crippen LogP contribution < -0.4 is 9.47 Å². The highest BCUT2D eigenvalue weighted by Crippen LogP contribution is 2.25. The second-order valence-electron chi connectivity index (χ2n) is 6.04. The number of ether oxygens (including phenoxy) is 3. The summed E-state index contributed by atoms with van der Waals surface area (Å²) in [6.45, 7) is 5.14. The minimum Gasteiger partial charge on any atom is -0.496 e. The van der Waals surface area contributed by atoms with Crippen molar-refractivity contribution in [2.45, 2.75) is 20.4 Å². The van der Waals surface area contributed by atoms with E-state index in [9.17, 15) is 4.79 Å². The highest BCUT2D eigenvalue weighted by atomic mass is 16.5. The number of amides is 1. The molecule has 0 unspecified atom stereocenters. The standard InChI is InChI=1S/C20H26N2O4/c1-14-12-21-17(15(2)19(14)25-5)13-22(3)20(23)16-8-6-7-9-18(16)26-11-10-24-4/h6-9,12H,10-11,13H2,1-5H3. The normalized spacial score (nSPS) is 10.5. The maximum atomic E-state index is 12.9. The highest BCUT2D eigenvalue weighted by Gasteiger charge is 2.19. The van der Waals surface area contributed by atoms with Gasteiger partial charge in [0, 0.05) is 31.5 Å². The van der Waals surface area contributed by atoms with Crippen LogP contribution in [0, 0.1) is 13.8 Å². The van der Waals surface area contributed by atoms with Gasteiger partial charge < -0.3 is 19.1 Å². The maximum Gasteiger partial charge on any atom is 0.257 e. The number of hydrogen-bond acceptors (Lipinski definition) is 5. The third-order valence-corrected chi connectivity index (χ3v) is 4.15. The summed E-state index contributed by atoms with van der Waals surface area (Å²) in [5.41, 5.74) is 3.24. The zero-order valence-corrected chi connectivity index (χ0v) is 16.0. The van der Waals surface area contributed by atoms with E-state index in [-0.39, 0.29) is 5.91 Å². The molecule has 0 N–H and O–H groups in total. The van der Waals surface area contributed by atoms with E-state index in [0.717, 1.165) is 22.6 Å². The van der Waals surface area contributed by atoms with Gasteiger partial charge in [0.25, 0.3) is 5.91 Å². The number of carbonyl (C=O) groups is 1. The number of benzene rings is 1. The summed E-state index contributed by atoms with van der Waals surface area (Å²) in [4.78, 5) is 19.0. The van der Waals surface area contributed by atoms with Crippen molar-refractivity contribution in [2.75, 3.05) is 34.5 Å². The average molecular weight is 358 g/mol. The second kappa shape index (κ2) is 9.20. The van der Waals surface area contributed by atoms with Gasteiger partial charge in [0.15, 0.2) is 0 Å². The summed E-state index contributed by atoms with van der Waals surface area (Å²) in [5.74, 6) is 1.23. The van der Waals surface area contributed by atoms with E-state index < -0.39 is 0 Å². The quantitative estimate of drug-likeness (QED) is 0.679. The molecule has 0 bridgehead atoms. The SMILES string of the molecule is COCCOc1ccccc1C(=O)N(C)Cc1ncc(C)c(OC)c1C. The van der Waals surface area contributed by atoms with Gasteiger partial charge in [-0.2, -0.15) is 0 Å². The van der Waals surface area contributed by atoms with Crippen molar-refractivity contribution in [3.8, 4) is 11.5 Å². The molecule has 6 heteroatoms. The Kier molecular flexibility index (Phi) is 6.97. The van der Waals surface area contributed by atoms with Gasteiger partial charge in [-0.05, 0) is 26.0 Å². The summed E-state index contributed by atoms with van der Waals surface area (Å²) in [6, 6.07) is 7.21. The monoisotopic (exact) mass is 358 g/mol. The molecule has 6 nitrogen and oxygen atoms in total. The van der Waals surface area contributed by atoms with Gasteiger partial charge in [0.05, 0.1) is 31.5 Å². The van der Waals surface area contributed by atoms with Gasteiger partial charge in [0.1, 0.15) is 18.1 Å². The lowest BCUT2D eigenvalue weighted by Crippen LogP contribution is -2.27. The Morgan fingerprint density at radius 3 is 2.58 bits per heavy atom. The van der Waals surface area contributed by atoms with Crippen molar-refractivity contribution < 1.29 is 19.0 Å².